The van der Waals surface area contributed by atoms with Gasteiger partial charge in [-0.05, 0) is 19.4 Å². The van der Waals surface area contributed by atoms with Gasteiger partial charge in [0.25, 0.3) is 0 Å². The average Bonchev–Trinajstić information content (AvgIpc) is 2.69. The molecule has 1 aliphatic heterocycles. The number of hydrogen-bond donors (Lipinski definition) is 3. The van der Waals surface area contributed by atoms with Crippen LogP contribution in [0.5, 0.6) is 0 Å². The van der Waals surface area contributed by atoms with Crippen molar-refractivity contribution in [2.24, 2.45) is 5.92 Å². The van der Waals surface area contributed by atoms with E-state index in [-0.39, 0.29) is 12.6 Å². The number of benzene rings is 1. The largest absolute Gasteiger partial charge is 0.390 e. The predicted molar refractivity (Wildman–Crippen MR) is 70.2 cm³/mol. The quantitative estimate of drug-likeness (QED) is 0.685. The minimum absolute atomic E-state index is 0.135. The van der Waals surface area contributed by atoms with Gasteiger partial charge in [-0.1, -0.05) is 29.8 Å². The molecule has 3 N–H and O–H groups in total. The Bertz CT molecular complexity index is 484. The van der Waals surface area contributed by atoms with Crippen LogP contribution in [0, 0.1) is 12.8 Å². The molecule has 5 nitrogen and oxygen atoms in total. The SMILES string of the molecule is Cc1ccc(C(C)NC(=O)C2C(=O)NCC2O)cc1. The first-order chi connectivity index (χ1) is 8.99. The zero-order chi connectivity index (χ0) is 14.0. The summed E-state index contributed by atoms with van der Waals surface area (Å²) in [5.74, 6) is -1.86. The maximum atomic E-state index is 12.0. The lowest BCUT2D eigenvalue weighted by atomic mass is 10.0. The van der Waals surface area contributed by atoms with Crippen LogP contribution in [0.1, 0.15) is 24.1 Å². The summed E-state index contributed by atoms with van der Waals surface area (Å²) in [5.41, 5.74) is 2.11. The molecule has 102 valence electrons. The van der Waals surface area contributed by atoms with Crippen LogP contribution in [0.25, 0.3) is 0 Å². The van der Waals surface area contributed by atoms with Crippen LogP contribution in [0.3, 0.4) is 0 Å². The molecule has 1 aliphatic rings. The van der Waals surface area contributed by atoms with Gasteiger partial charge in [-0.3, -0.25) is 9.59 Å². The lowest BCUT2D eigenvalue weighted by Crippen LogP contribution is -2.40. The van der Waals surface area contributed by atoms with E-state index < -0.39 is 23.8 Å². The van der Waals surface area contributed by atoms with Gasteiger partial charge in [0.2, 0.25) is 11.8 Å². The van der Waals surface area contributed by atoms with E-state index in [1.54, 1.807) is 0 Å². The third kappa shape index (κ3) is 2.93. The third-order valence-corrected chi connectivity index (χ3v) is 3.37. The van der Waals surface area contributed by atoms with E-state index in [0.717, 1.165) is 11.1 Å². The second-order valence-corrected chi connectivity index (χ2v) is 4.93. The van der Waals surface area contributed by atoms with E-state index in [1.807, 2.05) is 38.1 Å². The Labute approximate surface area is 112 Å². The first-order valence-corrected chi connectivity index (χ1v) is 6.32. The molecule has 1 aromatic carbocycles. The molecule has 5 heteroatoms. The number of nitrogens with one attached hydrogen (secondary N) is 2. The Balaban J connectivity index is 2.02. The Hall–Kier alpha value is -1.88. The number of aliphatic hydroxyl groups excluding tert-OH is 1. The Morgan fingerprint density at radius 1 is 1.42 bits per heavy atom. The lowest BCUT2D eigenvalue weighted by Gasteiger charge is -2.18. The number of β-amino-alcohol motifs (C(OH)–C–C–N with tert-alkyl or cyclic N) is 1. The highest BCUT2D eigenvalue weighted by Gasteiger charge is 2.39. The van der Waals surface area contributed by atoms with Gasteiger partial charge in [-0.15, -0.1) is 0 Å². The van der Waals surface area contributed by atoms with Crippen LogP contribution < -0.4 is 10.6 Å². The molecule has 0 saturated carbocycles. The highest BCUT2D eigenvalue weighted by atomic mass is 16.3. The minimum Gasteiger partial charge on any atom is -0.390 e. The van der Waals surface area contributed by atoms with E-state index in [1.165, 1.54) is 0 Å². The number of aliphatic hydroxyl groups is 1. The normalized spacial score (nSPS) is 23.8. The predicted octanol–water partition coefficient (Wildman–Crippen LogP) is 0.279. The minimum atomic E-state index is -1.01. The summed E-state index contributed by atoms with van der Waals surface area (Å²) in [6.07, 6.45) is -0.947. The summed E-state index contributed by atoms with van der Waals surface area (Å²) in [6, 6.07) is 7.61. The van der Waals surface area contributed by atoms with Crippen LogP contribution in [-0.2, 0) is 9.59 Å². The van der Waals surface area contributed by atoms with Gasteiger partial charge >= 0.3 is 0 Å². The average molecular weight is 262 g/mol. The number of carbonyl (C=O) groups is 2. The maximum absolute atomic E-state index is 12.0. The fraction of sp³-hybridized carbons (Fsp3) is 0.429. The molecule has 0 aromatic heterocycles. The van der Waals surface area contributed by atoms with Gasteiger partial charge in [-0.25, -0.2) is 0 Å². The Morgan fingerprint density at radius 2 is 2.05 bits per heavy atom. The summed E-state index contributed by atoms with van der Waals surface area (Å²) >= 11 is 0. The fourth-order valence-electron chi connectivity index (χ4n) is 2.14. The van der Waals surface area contributed by atoms with Crippen LogP contribution in [0.4, 0.5) is 0 Å². The molecular formula is C14H18N2O3. The first-order valence-electron chi connectivity index (χ1n) is 6.32. The second-order valence-electron chi connectivity index (χ2n) is 4.93. The van der Waals surface area contributed by atoms with Crippen molar-refractivity contribution in [1.29, 1.82) is 0 Å². The topological polar surface area (TPSA) is 78.4 Å². The molecule has 0 aliphatic carbocycles. The molecule has 3 unspecified atom stereocenters. The monoisotopic (exact) mass is 262 g/mol. The van der Waals surface area contributed by atoms with Gasteiger partial charge in [0.1, 0.15) is 5.92 Å². The molecule has 0 radical (unpaired) electrons. The third-order valence-electron chi connectivity index (χ3n) is 3.37. The molecular weight excluding hydrogens is 244 g/mol. The zero-order valence-corrected chi connectivity index (χ0v) is 11.0. The maximum Gasteiger partial charge on any atom is 0.235 e. The van der Waals surface area contributed by atoms with Crippen LogP contribution in [0.15, 0.2) is 24.3 Å². The van der Waals surface area contributed by atoms with E-state index in [9.17, 15) is 14.7 Å². The van der Waals surface area contributed by atoms with Crippen molar-refractivity contribution in [2.45, 2.75) is 26.0 Å². The summed E-state index contributed by atoms with van der Waals surface area (Å²) in [7, 11) is 0. The zero-order valence-electron chi connectivity index (χ0n) is 11.0. The second kappa shape index (κ2) is 5.40. The highest BCUT2D eigenvalue weighted by Crippen LogP contribution is 2.16. The van der Waals surface area contributed by atoms with Crippen molar-refractivity contribution in [3.05, 3.63) is 35.4 Å². The number of amides is 2. The van der Waals surface area contributed by atoms with Crippen LogP contribution >= 0.6 is 0 Å². The number of hydrogen-bond acceptors (Lipinski definition) is 3. The van der Waals surface area contributed by atoms with E-state index in [4.69, 9.17) is 0 Å². The molecule has 2 amide bonds. The van der Waals surface area contributed by atoms with E-state index in [0.29, 0.717) is 0 Å². The molecule has 1 heterocycles. The molecule has 3 atom stereocenters. The summed E-state index contributed by atoms with van der Waals surface area (Å²) < 4.78 is 0. The molecule has 0 bridgehead atoms. The van der Waals surface area contributed by atoms with Gasteiger partial charge in [0, 0.05) is 6.54 Å². The van der Waals surface area contributed by atoms with Crippen molar-refractivity contribution >= 4 is 11.8 Å². The van der Waals surface area contributed by atoms with Crippen LogP contribution in [-0.4, -0.2) is 29.6 Å². The lowest BCUT2D eigenvalue weighted by molar-refractivity contribution is -0.136. The van der Waals surface area contributed by atoms with Gasteiger partial charge < -0.3 is 15.7 Å². The molecule has 1 aromatic rings. The summed E-state index contributed by atoms with van der Waals surface area (Å²) in [6.45, 7) is 3.98. The molecule has 19 heavy (non-hydrogen) atoms. The highest BCUT2D eigenvalue weighted by molar-refractivity contribution is 6.02. The van der Waals surface area contributed by atoms with Gasteiger partial charge in [0.05, 0.1) is 12.1 Å². The van der Waals surface area contributed by atoms with Gasteiger partial charge in [-0.2, -0.15) is 0 Å². The first kappa shape index (κ1) is 13.5. The summed E-state index contributed by atoms with van der Waals surface area (Å²) in [4.78, 5) is 23.4. The molecule has 0 spiro atoms. The Kier molecular flexibility index (Phi) is 3.85. The van der Waals surface area contributed by atoms with Crippen molar-refractivity contribution in [3.8, 4) is 0 Å². The van der Waals surface area contributed by atoms with Crippen molar-refractivity contribution < 1.29 is 14.7 Å². The number of rotatable bonds is 3. The van der Waals surface area contributed by atoms with E-state index >= 15 is 0 Å². The van der Waals surface area contributed by atoms with Crippen molar-refractivity contribution in [3.63, 3.8) is 0 Å². The number of carbonyl (C=O) groups excluding carboxylic acids is 2. The van der Waals surface area contributed by atoms with Crippen molar-refractivity contribution in [1.82, 2.24) is 10.6 Å². The van der Waals surface area contributed by atoms with Crippen molar-refractivity contribution in [2.75, 3.05) is 6.54 Å². The van der Waals surface area contributed by atoms with E-state index in [2.05, 4.69) is 10.6 Å². The van der Waals surface area contributed by atoms with Gasteiger partial charge in [0.15, 0.2) is 0 Å². The number of aryl methyl sites for hydroxylation is 1. The molecule has 1 saturated heterocycles. The standard InChI is InChI=1S/C14H18N2O3/c1-8-3-5-10(6-4-8)9(2)16-14(19)12-11(17)7-15-13(12)18/h3-6,9,11-12,17H,7H2,1-2H3,(H,15,18)(H,16,19). The smallest absolute Gasteiger partial charge is 0.235 e. The molecule has 2 rings (SSSR count). The van der Waals surface area contributed by atoms with Crippen LogP contribution in [0.2, 0.25) is 0 Å². The Morgan fingerprint density at radius 3 is 2.58 bits per heavy atom. The molecule has 1 fully saturated rings. The summed E-state index contributed by atoms with van der Waals surface area (Å²) in [5, 5.41) is 14.8. The fourth-order valence-corrected chi connectivity index (χ4v) is 2.14.